The standard InChI is InChI=1S/2C28H48O/c2*1-18(2)19(3)7-8-20(4)24-11-12-25-23-10-9-21-17-22(29)13-15-27(21,5)26(23)14-16-28(24,25)6/h2*9,18-20,22-26,29H,7-8,10-17H2,1-6H3/t2*19?,20-,22+,23+,24-,25+,26+,27+,28-/m11/s1. The first-order chi connectivity index (χ1) is 27.3. The first-order valence-corrected chi connectivity index (χ1v) is 26.1. The van der Waals surface area contributed by atoms with E-state index in [1.54, 1.807) is 11.1 Å². The van der Waals surface area contributed by atoms with Crippen molar-refractivity contribution >= 4 is 0 Å². The van der Waals surface area contributed by atoms with E-state index < -0.39 is 0 Å². The van der Waals surface area contributed by atoms with Crippen molar-refractivity contribution in [3.05, 3.63) is 23.3 Å². The van der Waals surface area contributed by atoms with Crippen LogP contribution in [0.4, 0.5) is 0 Å². The number of hydrogen-bond acceptors (Lipinski definition) is 2. The fourth-order valence-electron chi connectivity index (χ4n) is 17.4. The van der Waals surface area contributed by atoms with Gasteiger partial charge < -0.3 is 10.2 Å². The third-order valence-corrected chi connectivity index (χ3v) is 22.1. The molecule has 0 aliphatic heterocycles. The van der Waals surface area contributed by atoms with E-state index in [0.29, 0.717) is 21.7 Å². The highest BCUT2D eigenvalue weighted by Crippen LogP contribution is 2.69. The van der Waals surface area contributed by atoms with Crippen molar-refractivity contribution in [2.24, 2.45) is 105 Å². The van der Waals surface area contributed by atoms with Crippen molar-refractivity contribution in [1.82, 2.24) is 0 Å². The normalized spacial score (nSPS) is 46.5. The Bertz CT molecular complexity index is 1350. The van der Waals surface area contributed by atoms with Crippen LogP contribution < -0.4 is 0 Å². The summed E-state index contributed by atoms with van der Waals surface area (Å²) < 4.78 is 0. The van der Waals surface area contributed by atoms with E-state index in [4.69, 9.17) is 0 Å². The van der Waals surface area contributed by atoms with Crippen LogP contribution in [0.3, 0.4) is 0 Å². The molecule has 0 aromatic heterocycles. The number of allylic oxidation sites excluding steroid dienone is 2. The van der Waals surface area contributed by atoms with Gasteiger partial charge in [0.1, 0.15) is 0 Å². The maximum atomic E-state index is 10.2. The molecule has 2 unspecified atom stereocenters. The van der Waals surface area contributed by atoms with Gasteiger partial charge in [0.2, 0.25) is 0 Å². The van der Waals surface area contributed by atoms with E-state index in [1.807, 2.05) is 0 Å². The van der Waals surface area contributed by atoms with Crippen LogP contribution in [0.2, 0.25) is 0 Å². The average Bonchev–Trinajstić information content (AvgIpc) is 3.73. The average molecular weight is 801 g/mol. The van der Waals surface area contributed by atoms with Crippen molar-refractivity contribution in [2.45, 2.75) is 224 Å². The predicted octanol–water partition coefficient (Wildman–Crippen LogP) is 15.3. The number of aliphatic hydroxyl groups is 2. The van der Waals surface area contributed by atoms with Gasteiger partial charge in [-0.1, -0.05) is 132 Å². The van der Waals surface area contributed by atoms with E-state index in [-0.39, 0.29) is 12.2 Å². The lowest BCUT2D eigenvalue weighted by molar-refractivity contribution is -0.0575. The van der Waals surface area contributed by atoms with Crippen LogP contribution in [0.1, 0.15) is 212 Å². The lowest BCUT2D eigenvalue weighted by Gasteiger charge is -2.58. The molecule has 0 aromatic carbocycles. The van der Waals surface area contributed by atoms with Crippen LogP contribution in [0, 0.1) is 105 Å². The quantitative estimate of drug-likeness (QED) is 0.216. The van der Waals surface area contributed by atoms with Gasteiger partial charge in [-0.15, -0.1) is 0 Å². The Morgan fingerprint density at radius 3 is 1.22 bits per heavy atom. The zero-order valence-corrected chi connectivity index (χ0v) is 40.4. The van der Waals surface area contributed by atoms with Crippen molar-refractivity contribution in [2.75, 3.05) is 0 Å². The fourth-order valence-corrected chi connectivity index (χ4v) is 17.4. The smallest absolute Gasteiger partial charge is 0.0577 e. The number of fused-ring (bicyclic) bond motifs is 10. The van der Waals surface area contributed by atoms with Crippen molar-refractivity contribution < 1.29 is 10.2 Å². The van der Waals surface area contributed by atoms with Crippen molar-refractivity contribution in [3.63, 3.8) is 0 Å². The fraction of sp³-hybridized carbons (Fsp3) is 0.929. The van der Waals surface area contributed by atoms with E-state index in [1.165, 1.54) is 103 Å². The molecule has 0 saturated heterocycles. The molecule has 6 saturated carbocycles. The summed E-state index contributed by atoms with van der Waals surface area (Å²) in [5.74, 6) is 12.5. The van der Waals surface area contributed by atoms with E-state index in [2.05, 4.69) is 95.2 Å². The highest BCUT2D eigenvalue weighted by atomic mass is 16.3. The SMILES string of the molecule is CC(C)C(C)CC[C@@H](C)[C@H]1CC[C@H]2[C@@H]3CC=C4C[C@@H](O)CC[C@]4(C)[C@H]3CC[C@]12C.CC(C)C(C)CC[C@@H](C)[C@H]1CC[C@H]2[C@@H]3CC=C4C[C@@H](O)CC[C@]4(C)[C@H]3CC[C@]12C. The highest BCUT2D eigenvalue weighted by Gasteiger charge is 2.60. The van der Waals surface area contributed by atoms with Gasteiger partial charge in [-0.05, 0) is 207 Å². The van der Waals surface area contributed by atoms with Gasteiger partial charge in [0.05, 0.1) is 12.2 Å². The molecule has 58 heavy (non-hydrogen) atoms. The van der Waals surface area contributed by atoms with Crippen LogP contribution in [0.25, 0.3) is 0 Å². The largest absolute Gasteiger partial charge is 0.393 e. The Balaban J connectivity index is 0.000000177. The molecule has 2 N–H and O–H groups in total. The zero-order valence-electron chi connectivity index (χ0n) is 40.4. The first-order valence-electron chi connectivity index (χ1n) is 26.1. The van der Waals surface area contributed by atoms with Crippen LogP contribution in [0.15, 0.2) is 23.3 Å². The van der Waals surface area contributed by atoms with Gasteiger partial charge in [0.25, 0.3) is 0 Å². The molecule has 0 aromatic rings. The summed E-state index contributed by atoms with van der Waals surface area (Å²) in [6.45, 7) is 30.1. The Morgan fingerprint density at radius 1 is 0.483 bits per heavy atom. The second-order valence-corrected chi connectivity index (χ2v) is 25.3. The highest BCUT2D eigenvalue weighted by molar-refractivity contribution is 5.27. The molecule has 0 spiro atoms. The van der Waals surface area contributed by atoms with Gasteiger partial charge >= 0.3 is 0 Å². The van der Waals surface area contributed by atoms with Gasteiger partial charge in [0.15, 0.2) is 0 Å². The van der Waals surface area contributed by atoms with E-state index in [0.717, 1.165) is 109 Å². The van der Waals surface area contributed by atoms with E-state index >= 15 is 0 Å². The Labute approximate surface area is 360 Å². The molecule has 332 valence electrons. The molecule has 18 atom stereocenters. The van der Waals surface area contributed by atoms with Crippen LogP contribution in [-0.2, 0) is 0 Å². The summed E-state index contributed by atoms with van der Waals surface area (Å²) in [6, 6.07) is 0. The van der Waals surface area contributed by atoms with Crippen molar-refractivity contribution in [3.8, 4) is 0 Å². The third-order valence-electron chi connectivity index (χ3n) is 22.1. The molecule has 2 heteroatoms. The Hall–Kier alpha value is -0.600. The minimum atomic E-state index is -0.0790. The number of aliphatic hydroxyl groups excluding tert-OH is 2. The summed E-state index contributed by atoms with van der Waals surface area (Å²) in [5.41, 5.74) is 5.17. The summed E-state index contributed by atoms with van der Waals surface area (Å²) in [7, 11) is 0. The van der Waals surface area contributed by atoms with Gasteiger partial charge in [0, 0.05) is 0 Å². The summed E-state index contributed by atoms with van der Waals surface area (Å²) in [5, 5.41) is 20.5. The zero-order chi connectivity index (χ0) is 41.9. The molecule has 8 aliphatic rings. The molecule has 2 nitrogen and oxygen atoms in total. The Morgan fingerprint density at radius 2 is 0.862 bits per heavy atom. The van der Waals surface area contributed by atoms with Crippen molar-refractivity contribution in [1.29, 1.82) is 0 Å². The van der Waals surface area contributed by atoms with Crippen LogP contribution >= 0.6 is 0 Å². The van der Waals surface area contributed by atoms with Gasteiger partial charge in [-0.25, -0.2) is 0 Å². The summed E-state index contributed by atoms with van der Waals surface area (Å²) >= 11 is 0. The van der Waals surface area contributed by atoms with E-state index in [9.17, 15) is 10.2 Å². The maximum absolute atomic E-state index is 10.2. The minimum Gasteiger partial charge on any atom is -0.393 e. The molecule has 0 heterocycles. The van der Waals surface area contributed by atoms with Crippen LogP contribution in [0.5, 0.6) is 0 Å². The molecular formula is C56H96O2. The van der Waals surface area contributed by atoms with Gasteiger partial charge in [-0.2, -0.15) is 0 Å². The third kappa shape index (κ3) is 8.20. The summed E-state index contributed by atoms with van der Waals surface area (Å²) in [6.07, 6.45) is 31.4. The summed E-state index contributed by atoms with van der Waals surface area (Å²) in [4.78, 5) is 0. The second-order valence-electron chi connectivity index (χ2n) is 25.3. The number of hydrogen-bond donors (Lipinski definition) is 2. The molecule has 0 amide bonds. The molecule has 6 fully saturated rings. The molecule has 8 aliphatic carbocycles. The predicted molar refractivity (Wildman–Crippen MR) is 247 cm³/mol. The maximum Gasteiger partial charge on any atom is 0.0577 e. The Kier molecular flexibility index (Phi) is 13.7. The lowest BCUT2D eigenvalue weighted by Crippen LogP contribution is -2.50. The molecule has 8 rings (SSSR count). The monoisotopic (exact) mass is 801 g/mol. The molecular weight excluding hydrogens is 705 g/mol. The van der Waals surface area contributed by atoms with Gasteiger partial charge in [-0.3, -0.25) is 0 Å². The molecule has 0 radical (unpaired) electrons. The second kappa shape index (κ2) is 17.5. The minimum absolute atomic E-state index is 0.0790. The molecule has 0 bridgehead atoms. The first kappa shape index (κ1) is 45.4. The van der Waals surface area contributed by atoms with Crippen LogP contribution in [-0.4, -0.2) is 22.4 Å². The topological polar surface area (TPSA) is 40.5 Å². The lowest BCUT2D eigenvalue weighted by atomic mass is 9.47. The number of rotatable bonds is 10.